The molecule has 0 radical (unpaired) electrons. The van der Waals surface area contributed by atoms with Crippen LogP contribution >= 0.6 is 11.3 Å². The third-order valence-electron chi connectivity index (χ3n) is 9.54. The Morgan fingerprint density at radius 1 is 0.400 bits per heavy atom. The molecule has 0 amide bonds. The van der Waals surface area contributed by atoms with Crippen molar-refractivity contribution in [2.45, 2.75) is 0 Å². The van der Waals surface area contributed by atoms with Gasteiger partial charge in [-0.2, -0.15) is 0 Å². The van der Waals surface area contributed by atoms with Crippen LogP contribution in [0.1, 0.15) is 0 Å². The lowest BCUT2D eigenvalue weighted by molar-refractivity contribution is 0.670. The molecule has 0 aliphatic carbocycles. The van der Waals surface area contributed by atoms with E-state index in [2.05, 4.69) is 140 Å². The molecule has 50 heavy (non-hydrogen) atoms. The molecular formula is C46H28N2OS. The SMILES string of the molecule is c1ccc(-c2nc(-c3ccccc3-c3ccccc3)cc(-c3ccc(-c4ccc5c(c4)sc4ccccc45)c4c3oc3ccccc34)n2)cc1. The van der Waals surface area contributed by atoms with Crippen molar-refractivity contribution in [2.24, 2.45) is 0 Å². The second-order valence-corrected chi connectivity index (χ2v) is 13.6. The van der Waals surface area contributed by atoms with Gasteiger partial charge in [-0.25, -0.2) is 9.97 Å². The fourth-order valence-electron chi connectivity index (χ4n) is 7.18. The van der Waals surface area contributed by atoms with Crippen LogP contribution in [-0.2, 0) is 0 Å². The average Bonchev–Trinajstić information content (AvgIpc) is 3.77. The van der Waals surface area contributed by atoms with Gasteiger partial charge in [0, 0.05) is 47.6 Å². The van der Waals surface area contributed by atoms with Gasteiger partial charge in [0.15, 0.2) is 5.82 Å². The van der Waals surface area contributed by atoms with E-state index in [0.29, 0.717) is 5.82 Å². The highest BCUT2D eigenvalue weighted by molar-refractivity contribution is 7.25. The van der Waals surface area contributed by atoms with Crippen molar-refractivity contribution in [3.8, 4) is 56.2 Å². The Kier molecular flexibility index (Phi) is 6.68. The predicted octanol–water partition coefficient (Wildman–Crippen LogP) is 13.1. The number of rotatable bonds is 5. The number of aromatic nitrogens is 2. The maximum Gasteiger partial charge on any atom is 0.160 e. The van der Waals surface area contributed by atoms with Crippen LogP contribution in [0.4, 0.5) is 0 Å². The molecule has 0 saturated carbocycles. The summed E-state index contributed by atoms with van der Waals surface area (Å²) in [6, 6.07) is 59.5. The first-order chi connectivity index (χ1) is 24.8. The molecule has 3 aromatic heterocycles. The number of thiophene rings is 1. The highest BCUT2D eigenvalue weighted by Gasteiger charge is 2.21. The fraction of sp³-hybridized carbons (Fsp3) is 0. The number of furan rings is 1. The summed E-state index contributed by atoms with van der Waals surface area (Å²) in [4.78, 5) is 10.4. The average molecular weight is 657 g/mol. The smallest absolute Gasteiger partial charge is 0.160 e. The van der Waals surface area contributed by atoms with Gasteiger partial charge in [-0.15, -0.1) is 11.3 Å². The molecule has 3 nitrogen and oxygen atoms in total. The van der Waals surface area contributed by atoms with Crippen LogP contribution in [0.15, 0.2) is 174 Å². The maximum atomic E-state index is 6.76. The Morgan fingerprint density at radius 2 is 1.02 bits per heavy atom. The predicted molar refractivity (Wildman–Crippen MR) is 209 cm³/mol. The van der Waals surface area contributed by atoms with Gasteiger partial charge in [-0.1, -0.05) is 140 Å². The molecule has 3 heterocycles. The Labute approximate surface area is 292 Å². The molecule has 4 heteroatoms. The number of hydrogen-bond donors (Lipinski definition) is 0. The van der Waals surface area contributed by atoms with Gasteiger partial charge >= 0.3 is 0 Å². The second kappa shape index (κ2) is 11.7. The molecule has 0 aliphatic rings. The Bertz CT molecular complexity index is 2870. The summed E-state index contributed by atoms with van der Waals surface area (Å²) in [7, 11) is 0. The van der Waals surface area contributed by atoms with E-state index in [9.17, 15) is 0 Å². The third kappa shape index (κ3) is 4.73. The number of fused-ring (bicyclic) bond motifs is 6. The standard InChI is InChI=1S/C46H28N2OS/c1-3-13-29(14-4-1)32-17-7-8-18-34(32)39-28-40(48-46(47-39)30-15-5-2-6-16-30)37-26-25-33(44-38-20-9-11-21-41(38)49-45(37)44)31-23-24-36-35-19-10-12-22-42(35)50-43(36)27-31/h1-28H. The molecule has 10 rings (SSSR count). The van der Waals surface area contributed by atoms with Crippen LogP contribution < -0.4 is 0 Å². The van der Waals surface area contributed by atoms with Crippen molar-refractivity contribution >= 4 is 53.4 Å². The quantitative estimate of drug-likeness (QED) is 0.185. The highest BCUT2D eigenvalue weighted by atomic mass is 32.1. The van der Waals surface area contributed by atoms with Crippen molar-refractivity contribution in [3.63, 3.8) is 0 Å². The normalized spacial score (nSPS) is 11.6. The monoisotopic (exact) mass is 656 g/mol. The first-order valence-electron chi connectivity index (χ1n) is 16.7. The summed E-state index contributed by atoms with van der Waals surface area (Å²) in [5.74, 6) is 0.671. The van der Waals surface area contributed by atoms with Crippen LogP contribution in [0, 0.1) is 0 Å². The topological polar surface area (TPSA) is 38.9 Å². The Balaban J connectivity index is 1.22. The summed E-state index contributed by atoms with van der Waals surface area (Å²) in [6.45, 7) is 0. The highest BCUT2D eigenvalue weighted by Crippen LogP contribution is 2.44. The van der Waals surface area contributed by atoms with E-state index >= 15 is 0 Å². The van der Waals surface area contributed by atoms with Crippen LogP contribution in [0.25, 0.3) is 98.3 Å². The maximum absolute atomic E-state index is 6.76. The van der Waals surface area contributed by atoms with Crippen LogP contribution in [0.3, 0.4) is 0 Å². The molecule has 0 spiro atoms. The minimum atomic E-state index is 0.671. The summed E-state index contributed by atoms with van der Waals surface area (Å²) in [5.41, 5.74) is 10.9. The van der Waals surface area contributed by atoms with Crippen molar-refractivity contribution in [3.05, 3.63) is 170 Å². The summed E-state index contributed by atoms with van der Waals surface area (Å²) in [6.07, 6.45) is 0. The van der Waals surface area contributed by atoms with Crippen molar-refractivity contribution in [1.82, 2.24) is 9.97 Å². The number of nitrogens with zero attached hydrogens (tertiary/aromatic N) is 2. The molecule has 0 unspecified atom stereocenters. The molecule has 234 valence electrons. The summed E-state index contributed by atoms with van der Waals surface area (Å²) >= 11 is 1.84. The van der Waals surface area contributed by atoms with Crippen molar-refractivity contribution in [2.75, 3.05) is 0 Å². The molecule has 7 aromatic carbocycles. The lowest BCUT2D eigenvalue weighted by atomic mass is 9.94. The summed E-state index contributed by atoms with van der Waals surface area (Å²) in [5, 5.41) is 4.76. The molecule has 0 fully saturated rings. The molecule has 0 saturated heterocycles. The van der Waals surface area contributed by atoms with Crippen LogP contribution in [0.2, 0.25) is 0 Å². The van der Waals surface area contributed by atoms with Crippen LogP contribution in [-0.4, -0.2) is 9.97 Å². The van der Waals surface area contributed by atoms with E-state index in [0.717, 1.165) is 72.3 Å². The lowest BCUT2D eigenvalue weighted by Gasteiger charge is -2.14. The van der Waals surface area contributed by atoms with Crippen molar-refractivity contribution in [1.29, 1.82) is 0 Å². The van der Waals surface area contributed by atoms with E-state index in [1.807, 2.05) is 41.7 Å². The lowest BCUT2D eigenvalue weighted by Crippen LogP contribution is -1.97. The van der Waals surface area contributed by atoms with Gasteiger partial charge in [-0.3, -0.25) is 0 Å². The molecular weight excluding hydrogens is 629 g/mol. The largest absolute Gasteiger partial charge is 0.455 e. The zero-order valence-electron chi connectivity index (χ0n) is 26.9. The van der Waals surface area contributed by atoms with E-state index in [1.54, 1.807) is 0 Å². The summed E-state index contributed by atoms with van der Waals surface area (Å²) < 4.78 is 9.34. The van der Waals surface area contributed by atoms with Gasteiger partial charge < -0.3 is 4.42 Å². The zero-order chi connectivity index (χ0) is 33.0. The molecule has 0 N–H and O–H groups in total. The molecule has 0 bridgehead atoms. The van der Waals surface area contributed by atoms with Gasteiger partial charge in [0.25, 0.3) is 0 Å². The molecule has 10 aromatic rings. The Morgan fingerprint density at radius 3 is 1.84 bits per heavy atom. The molecule has 0 aliphatic heterocycles. The second-order valence-electron chi connectivity index (χ2n) is 12.5. The minimum absolute atomic E-state index is 0.671. The fourth-order valence-corrected chi connectivity index (χ4v) is 8.32. The van der Waals surface area contributed by atoms with Gasteiger partial charge in [0.05, 0.1) is 11.4 Å². The van der Waals surface area contributed by atoms with E-state index in [-0.39, 0.29) is 0 Å². The number of hydrogen-bond acceptors (Lipinski definition) is 4. The third-order valence-corrected chi connectivity index (χ3v) is 10.7. The zero-order valence-corrected chi connectivity index (χ0v) is 27.7. The first kappa shape index (κ1) is 28.6. The van der Waals surface area contributed by atoms with Gasteiger partial charge in [0.1, 0.15) is 11.2 Å². The van der Waals surface area contributed by atoms with Gasteiger partial charge in [-0.05, 0) is 52.6 Å². The van der Waals surface area contributed by atoms with E-state index < -0.39 is 0 Å². The minimum Gasteiger partial charge on any atom is -0.455 e. The van der Waals surface area contributed by atoms with E-state index in [4.69, 9.17) is 14.4 Å². The first-order valence-corrected chi connectivity index (χ1v) is 17.6. The molecule has 0 atom stereocenters. The van der Waals surface area contributed by atoms with Crippen LogP contribution in [0.5, 0.6) is 0 Å². The number of para-hydroxylation sites is 1. The Hall–Kier alpha value is -6.36. The van der Waals surface area contributed by atoms with Gasteiger partial charge in [0.2, 0.25) is 0 Å². The van der Waals surface area contributed by atoms with E-state index in [1.165, 1.54) is 20.2 Å². The number of benzene rings is 7. The van der Waals surface area contributed by atoms with Crippen molar-refractivity contribution < 1.29 is 4.42 Å².